The van der Waals surface area contributed by atoms with Gasteiger partial charge in [0.25, 0.3) is 5.91 Å². The number of carbonyl (C=O) groups excluding carboxylic acids is 1. The molecule has 0 spiro atoms. The molecule has 0 atom stereocenters. The number of aromatic nitrogens is 2. The van der Waals surface area contributed by atoms with Crippen molar-refractivity contribution in [2.24, 2.45) is 0 Å². The Kier molecular flexibility index (Phi) is 6.66. The van der Waals surface area contributed by atoms with Crippen molar-refractivity contribution in [3.05, 3.63) is 65.6 Å². The van der Waals surface area contributed by atoms with Crippen LogP contribution in [0.3, 0.4) is 0 Å². The van der Waals surface area contributed by atoms with Gasteiger partial charge >= 0.3 is 0 Å². The number of aryl methyl sites for hydroxylation is 1. The third-order valence-corrected chi connectivity index (χ3v) is 4.74. The summed E-state index contributed by atoms with van der Waals surface area (Å²) in [5.41, 5.74) is 3.52. The number of ether oxygens (including phenoxy) is 1. The zero-order valence-corrected chi connectivity index (χ0v) is 16.8. The Morgan fingerprint density at radius 2 is 2.00 bits per heavy atom. The molecule has 1 aromatic carbocycles. The summed E-state index contributed by atoms with van der Waals surface area (Å²) < 4.78 is 7.85. The highest BCUT2D eigenvalue weighted by atomic mass is 16.5. The second kappa shape index (κ2) is 9.37. The number of nitrogens with one attached hydrogen (secondary N) is 1. The second-order valence-electron chi connectivity index (χ2n) is 6.80. The predicted octanol–water partition coefficient (Wildman–Crippen LogP) is 3.29. The van der Waals surface area contributed by atoms with Crippen LogP contribution in [0.25, 0.3) is 5.65 Å². The molecule has 0 saturated carbocycles. The number of amides is 1. The molecule has 0 aliphatic rings. The molecule has 0 aliphatic carbocycles. The molecular formula is C22H28N4O2. The van der Waals surface area contributed by atoms with E-state index >= 15 is 0 Å². The van der Waals surface area contributed by atoms with E-state index in [1.165, 1.54) is 5.56 Å². The summed E-state index contributed by atoms with van der Waals surface area (Å²) in [7, 11) is 0. The highest BCUT2D eigenvalue weighted by Gasteiger charge is 2.08. The zero-order chi connectivity index (χ0) is 19.9. The predicted molar refractivity (Wildman–Crippen MR) is 111 cm³/mol. The molecule has 28 heavy (non-hydrogen) atoms. The van der Waals surface area contributed by atoms with Crippen LogP contribution in [0.1, 0.15) is 35.5 Å². The minimum absolute atomic E-state index is 0.0826. The van der Waals surface area contributed by atoms with Gasteiger partial charge in [-0.25, -0.2) is 4.98 Å². The number of fused-ring (bicyclic) bond motifs is 1. The summed E-state index contributed by atoms with van der Waals surface area (Å²) in [5.74, 6) is 0.574. The number of hydrogen-bond acceptors (Lipinski definition) is 4. The van der Waals surface area contributed by atoms with Gasteiger partial charge < -0.3 is 19.4 Å². The Balaban J connectivity index is 1.57. The van der Waals surface area contributed by atoms with Crippen molar-refractivity contribution in [2.45, 2.75) is 27.4 Å². The largest absolute Gasteiger partial charge is 0.487 e. The van der Waals surface area contributed by atoms with E-state index in [2.05, 4.69) is 29.0 Å². The van der Waals surface area contributed by atoms with Gasteiger partial charge in [-0.3, -0.25) is 4.79 Å². The molecule has 0 unspecified atom stereocenters. The molecule has 0 aliphatic heterocycles. The van der Waals surface area contributed by atoms with Crippen LogP contribution < -0.4 is 10.1 Å². The normalized spacial score (nSPS) is 11.1. The van der Waals surface area contributed by atoms with E-state index in [1.807, 2.05) is 48.0 Å². The number of benzene rings is 1. The van der Waals surface area contributed by atoms with Crippen molar-refractivity contribution < 1.29 is 9.53 Å². The molecule has 0 radical (unpaired) electrons. The van der Waals surface area contributed by atoms with Crippen LogP contribution in [-0.4, -0.2) is 46.4 Å². The molecule has 3 aromatic rings. The number of imidazole rings is 1. The zero-order valence-electron chi connectivity index (χ0n) is 16.8. The minimum Gasteiger partial charge on any atom is -0.487 e. The lowest BCUT2D eigenvalue weighted by molar-refractivity contribution is 0.0948. The van der Waals surface area contributed by atoms with Crippen LogP contribution in [0.2, 0.25) is 0 Å². The first-order valence-electron chi connectivity index (χ1n) is 9.76. The van der Waals surface area contributed by atoms with Gasteiger partial charge in [0.05, 0.1) is 5.69 Å². The SMILES string of the molecule is CCN(CC)CCNC(=O)c1cccc(OCc2cn3cc(C)ccc3n2)c1. The van der Waals surface area contributed by atoms with Crippen molar-refractivity contribution in [1.29, 1.82) is 0 Å². The van der Waals surface area contributed by atoms with E-state index in [0.29, 0.717) is 24.5 Å². The molecule has 2 aromatic heterocycles. The molecule has 6 nitrogen and oxygen atoms in total. The van der Waals surface area contributed by atoms with Gasteiger partial charge in [0.1, 0.15) is 18.0 Å². The molecule has 2 heterocycles. The highest BCUT2D eigenvalue weighted by Crippen LogP contribution is 2.16. The van der Waals surface area contributed by atoms with Gasteiger partial charge in [-0.1, -0.05) is 26.0 Å². The number of hydrogen-bond donors (Lipinski definition) is 1. The number of likely N-dealkylation sites (N-methyl/N-ethyl adjacent to an activating group) is 1. The fourth-order valence-electron chi connectivity index (χ4n) is 3.08. The topological polar surface area (TPSA) is 58.9 Å². The lowest BCUT2D eigenvalue weighted by atomic mass is 10.2. The van der Waals surface area contributed by atoms with Crippen molar-refractivity contribution >= 4 is 11.6 Å². The second-order valence-corrected chi connectivity index (χ2v) is 6.80. The minimum atomic E-state index is -0.0826. The fourth-order valence-corrected chi connectivity index (χ4v) is 3.08. The monoisotopic (exact) mass is 380 g/mol. The fraction of sp³-hybridized carbons (Fsp3) is 0.364. The Hall–Kier alpha value is -2.86. The van der Waals surface area contributed by atoms with Crippen molar-refractivity contribution in [1.82, 2.24) is 19.6 Å². The van der Waals surface area contributed by atoms with E-state index in [1.54, 1.807) is 12.1 Å². The van der Waals surface area contributed by atoms with Gasteiger partial charge in [0.2, 0.25) is 0 Å². The molecule has 148 valence electrons. The summed E-state index contributed by atoms with van der Waals surface area (Å²) in [5, 5.41) is 2.97. The third-order valence-electron chi connectivity index (χ3n) is 4.74. The Labute approximate surface area is 166 Å². The van der Waals surface area contributed by atoms with Crippen molar-refractivity contribution in [2.75, 3.05) is 26.2 Å². The number of pyridine rings is 1. The van der Waals surface area contributed by atoms with Crippen LogP contribution >= 0.6 is 0 Å². The van der Waals surface area contributed by atoms with Crippen LogP contribution in [0.5, 0.6) is 5.75 Å². The maximum atomic E-state index is 12.4. The Morgan fingerprint density at radius 1 is 1.18 bits per heavy atom. The summed E-state index contributed by atoms with van der Waals surface area (Å²) in [6.07, 6.45) is 4.00. The average Bonchev–Trinajstić information content (AvgIpc) is 3.11. The van der Waals surface area contributed by atoms with E-state index < -0.39 is 0 Å². The summed E-state index contributed by atoms with van der Waals surface area (Å²) in [6, 6.07) is 11.3. The van der Waals surface area contributed by atoms with Crippen LogP contribution in [0, 0.1) is 6.92 Å². The molecular weight excluding hydrogens is 352 g/mol. The Morgan fingerprint density at radius 3 is 2.79 bits per heavy atom. The summed E-state index contributed by atoms with van der Waals surface area (Å²) in [6.45, 7) is 10.1. The number of carbonyl (C=O) groups is 1. The number of rotatable bonds is 9. The molecule has 3 rings (SSSR count). The molecule has 1 amide bonds. The van der Waals surface area contributed by atoms with E-state index in [-0.39, 0.29) is 5.91 Å². The first-order chi connectivity index (χ1) is 13.6. The van der Waals surface area contributed by atoms with Gasteiger partial charge in [-0.2, -0.15) is 0 Å². The maximum absolute atomic E-state index is 12.4. The van der Waals surface area contributed by atoms with Gasteiger partial charge in [-0.15, -0.1) is 0 Å². The standard InChI is InChI=1S/C22H28N4O2/c1-4-25(5-2)12-11-23-22(27)18-7-6-8-20(13-18)28-16-19-15-26-14-17(3)9-10-21(26)24-19/h6-10,13-15H,4-5,11-12,16H2,1-3H3,(H,23,27). The van der Waals surface area contributed by atoms with E-state index in [9.17, 15) is 4.79 Å². The smallest absolute Gasteiger partial charge is 0.251 e. The number of nitrogens with zero attached hydrogens (tertiary/aromatic N) is 3. The molecule has 0 fully saturated rings. The van der Waals surface area contributed by atoms with Crippen LogP contribution in [-0.2, 0) is 6.61 Å². The van der Waals surface area contributed by atoms with Gasteiger partial charge in [0, 0.05) is 31.0 Å². The first-order valence-corrected chi connectivity index (χ1v) is 9.76. The van der Waals surface area contributed by atoms with Crippen molar-refractivity contribution in [3.8, 4) is 5.75 Å². The van der Waals surface area contributed by atoms with Gasteiger partial charge in [0.15, 0.2) is 0 Å². The lowest BCUT2D eigenvalue weighted by Crippen LogP contribution is -2.34. The maximum Gasteiger partial charge on any atom is 0.251 e. The third kappa shape index (κ3) is 5.10. The van der Waals surface area contributed by atoms with Crippen molar-refractivity contribution in [3.63, 3.8) is 0 Å². The quantitative estimate of drug-likeness (QED) is 0.619. The van der Waals surface area contributed by atoms with Crippen LogP contribution in [0.4, 0.5) is 0 Å². The molecule has 0 saturated heterocycles. The average molecular weight is 380 g/mol. The lowest BCUT2D eigenvalue weighted by Gasteiger charge is -2.18. The molecule has 6 heteroatoms. The summed E-state index contributed by atoms with van der Waals surface area (Å²) in [4.78, 5) is 19.2. The highest BCUT2D eigenvalue weighted by molar-refractivity contribution is 5.94. The molecule has 1 N–H and O–H groups in total. The van der Waals surface area contributed by atoms with Crippen LogP contribution in [0.15, 0.2) is 48.8 Å². The van der Waals surface area contributed by atoms with Gasteiger partial charge in [-0.05, 0) is 49.8 Å². The molecule has 0 bridgehead atoms. The first kappa shape index (κ1) is 19.9. The van der Waals surface area contributed by atoms with E-state index in [4.69, 9.17) is 4.74 Å². The van der Waals surface area contributed by atoms with E-state index in [0.717, 1.165) is 31.0 Å². The summed E-state index contributed by atoms with van der Waals surface area (Å²) >= 11 is 0. The Bertz CT molecular complexity index is 931.